The maximum atomic E-state index is 14.9. The molecule has 240 valence electrons. The largest absolute Gasteiger partial charge is 0.384 e. The minimum Gasteiger partial charge on any atom is -0.384 e. The average molecular weight is 626 g/mol. The second kappa shape index (κ2) is 11.2. The van der Waals surface area contributed by atoms with E-state index in [1.54, 1.807) is 12.3 Å². The SMILES string of the molecule is C[C@@H]1CN(c2nccc(C3=CCC[N+](C(=O)CC(C)(C)C)(S(=O)(=O)c4cccc(N)n4)C3C(C)(C)C)c2C(N)=O)C(C)(C)C1. The molecule has 10 nitrogen and oxygen atoms in total. The minimum atomic E-state index is -4.46. The van der Waals surface area contributed by atoms with Gasteiger partial charge in [0.05, 0.1) is 12.0 Å². The molecule has 0 aliphatic carbocycles. The molecule has 2 aliphatic heterocycles. The monoisotopic (exact) mass is 625 g/mol. The maximum Gasteiger partial charge on any atom is 0.352 e. The number of anilines is 2. The van der Waals surface area contributed by atoms with E-state index >= 15 is 0 Å². The van der Waals surface area contributed by atoms with Gasteiger partial charge < -0.3 is 16.4 Å². The van der Waals surface area contributed by atoms with Crippen molar-refractivity contribution in [1.82, 2.24) is 9.97 Å². The average Bonchev–Trinajstić information content (AvgIpc) is 3.17. The van der Waals surface area contributed by atoms with E-state index in [1.165, 1.54) is 18.2 Å². The maximum absolute atomic E-state index is 14.9. The Balaban J connectivity index is 2.06. The van der Waals surface area contributed by atoms with E-state index in [-0.39, 0.29) is 41.3 Å². The van der Waals surface area contributed by atoms with Gasteiger partial charge in [-0.25, -0.2) is 14.8 Å². The molecule has 2 unspecified atom stereocenters. The number of sulfonamides is 1. The van der Waals surface area contributed by atoms with Gasteiger partial charge in [-0.3, -0.25) is 4.79 Å². The van der Waals surface area contributed by atoms with Gasteiger partial charge in [0.2, 0.25) is 5.03 Å². The van der Waals surface area contributed by atoms with Crippen molar-refractivity contribution in [3.8, 4) is 0 Å². The van der Waals surface area contributed by atoms with Crippen LogP contribution < -0.4 is 16.4 Å². The fourth-order valence-corrected chi connectivity index (χ4v) is 9.51. The molecule has 0 spiro atoms. The molecule has 4 heterocycles. The van der Waals surface area contributed by atoms with Crippen molar-refractivity contribution in [3.63, 3.8) is 0 Å². The van der Waals surface area contributed by atoms with E-state index in [0.29, 0.717) is 29.4 Å². The zero-order valence-corrected chi connectivity index (χ0v) is 28.5. The minimum absolute atomic E-state index is 0.0124. The number of carbonyl (C=O) groups is 2. The lowest BCUT2D eigenvalue weighted by Crippen LogP contribution is -2.68. The number of amides is 2. The van der Waals surface area contributed by atoms with Crippen LogP contribution in [0.2, 0.25) is 0 Å². The van der Waals surface area contributed by atoms with Crippen molar-refractivity contribution in [3.05, 3.63) is 47.7 Å². The first kappa shape index (κ1) is 33.6. The van der Waals surface area contributed by atoms with Gasteiger partial charge in [0.15, 0.2) is 0 Å². The van der Waals surface area contributed by atoms with Crippen molar-refractivity contribution < 1.29 is 21.9 Å². The van der Waals surface area contributed by atoms with E-state index in [1.807, 2.05) is 47.6 Å². The Morgan fingerprint density at radius 1 is 1.11 bits per heavy atom. The number of rotatable bonds is 6. The van der Waals surface area contributed by atoms with Crippen LogP contribution in [0.1, 0.15) is 97.5 Å². The molecular weight excluding hydrogens is 576 g/mol. The number of nitrogens with two attached hydrogens (primary N) is 2. The van der Waals surface area contributed by atoms with E-state index in [2.05, 4.69) is 35.6 Å². The topological polar surface area (TPSA) is 149 Å². The normalized spacial score (nSPS) is 24.2. The van der Waals surface area contributed by atoms with Gasteiger partial charge in [-0.05, 0) is 49.8 Å². The Labute approximate surface area is 262 Å². The highest BCUT2D eigenvalue weighted by Gasteiger charge is 2.62. The van der Waals surface area contributed by atoms with Crippen molar-refractivity contribution in [2.24, 2.45) is 22.5 Å². The molecule has 0 saturated carbocycles. The Morgan fingerprint density at radius 3 is 2.30 bits per heavy atom. The summed E-state index contributed by atoms with van der Waals surface area (Å²) in [5.41, 5.74) is 11.9. The molecular formula is C33H49N6O4S+. The smallest absolute Gasteiger partial charge is 0.352 e. The van der Waals surface area contributed by atoms with Crippen molar-refractivity contribution >= 4 is 39.0 Å². The van der Waals surface area contributed by atoms with Crippen molar-refractivity contribution in [2.45, 2.75) is 98.2 Å². The first-order valence-corrected chi connectivity index (χ1v) is 16.7. The molecule has 2 amide bonds. The van der Waals surface area contributed by atoms with Crippen LogP contribution in [0.3, 0.4) is 0 Å². The van der Waals surface area contributed by atoms with E-state index in [4.69, 9.17) is 11.5 Å². The Hall–Kier alpha value is -3.31. The van der Waals surface area contributed by atoms with E-state index in [0.717, 1.165) is 6.42 Å². The molecule has 4 rings (SSSR count). The van der Waals surface area contributed by atoms with Crippen LogP contribution in [-0.4, -0.2) is 58.8 Å². The first-order chi connectivity index (χ1) is 20.1. The van der Waals surface area contributed by atoms with Crippen LogP contribution in [0.15, 0.2) is 41.6 Å². The molecule has 11 heteroatoms. The summed E-state index contributed by atoms with van der Waals surface area (Å²) >= 11 is 0. The molecule has 0 bridgehead atoms. The number of pyridine rings is 2. The number of quaternary nitrogens is 1. The van der Waals surface area contributed by atoms with E-state index in [9.17, 15) is 18.0 Å². The van der Waals surface area contributed by atoms with Gasteiger partial charge in [-0.1, -0.05) is 60.6 Å². The molecule has 4 N–H and O–H groups in total. The van der Waals surface area contributed by atoms with Crippen LogP contribution >= 0.6 is 0 Å². The molecule has 0 radical (unpaired) electrons. The number of nitrogen functional groups attached to an aromatic ring is 1. The van der Waals surface area contributed by atoms with Crippen molar-refractivity contribution in [1.29, 1.82) is 0 Å². The molecule has 2 aliphatic rings. The summed E-state index contributed by atoms with van der Waals surface area (Å²) in [6, 6.07) is 5.26. The summed E-state index contributed by atoms with van der Waals surface area (Å²) in [4.78, 5) is 39.0. The summed E-state index contributed by atoms with van der Waals surface area (Å²) < 4.78 is 29.0. The summed E-state index contributed by atoms with van der Waals surface area (Å²) in [6.45, 7) is 18.6. The lowest BCUT2D eigenvalue weighted by Gasteiger charge is -2.49. The van der Waals surface area contributed by atoms with Gasteiger partial charge in [-0.15, -0.1) is 3.89 Å². The highest BCUT2D eigenvalue weighted by atomic mass is 32.2. The van der Waals surface area contributed by atoms with Crippen LogP contribution in [0.5, 0.6) is 0 Å². The zero-order valence-electron chi connectivity index (χ0n) is 27.6. The second-order valence-electron chi connectivity index (χ2n) is 15.4. The molecule has 1 saturated heterocycles. The molecule has 2 aromatic heterocycles. The molecule has 44 heavy (non-hydrogen) atoms. The third kappa shape index (κ3) is 5.88. The summed E-state index contributed by atoms with van der Waals surface area (Å²) in [6.07, 6.45) is 4.81. The lowest BCUT2D eigenvalue weighted by molar-refractivity contribution is -0.758. The fraction of sp³-hybridized carbons (Fsp3) is 0.576. The third-order valence-electron chi connectivity index (χ3n) is 8.72. The van der Waals surface area contributed by atoms with Crippen LogP contribution in [0.4, 0.5) is 11.6 Å². The molecule has 1 fully saturated rings. The Morgan fingerprint density at radius 2 is 1.77 bits per heavy atom. The van der Waals surface area contributed by atoms with Crippen LogP contribution in [-0.2, 0) is 14.8 Å². The molecule has 2 aromatic rings. The summed E-state index contributed by atoms with van der Waals surface area (Å²) in [5, 5.41) is -0.256. The highest BCUT2D eigenvalue weighted by Crippen LogP contribution is 2.49. The molecule has 3 atom stereocenters. The first-order valence-electron chi connectivity index (χ1n) is 15.3. The predicted molar refractivity (Wildman–Crippen MR) is 174 cm³/mol. The van der Waals surface area contributed by atoms with Gasteiger partial charge in [0.1, 0.15) is 24.2 Å². The number of primary amides is 1. The third-order valence-corrected chi connectivity index (χ3v) is 10.9. The standard InChI is InChI=1S/C33H48N6O4S/c1-21-18-33(8,9)38(20-21)30-27(29(35)41)22(15-16-36-30)23-12-11-17-39(28(23)32(5,6)7,26(40)19-31(2,3)4)44(42,43)25-14-10-13-24(34)37-25/h10,12-16,21,28H,11,17-20H2,1-9H3,(H3-,34,35,37,41)/p+1/t21-,28?,39?/m0/s1. The Kier molecular flexibility index (Phi) is 8.58. The second-order valence-corrected chi connectivity index (χ2v) is 17.4. The lowest BCUT2D eigenvalue weighted by atomic mass is 9.75. The zero-order chi connectivity index (χ0) is 33.0. The number of hydrogen-bond acceptors (Lipinski definition) is 8. The van der Waals surface area contributed by atoms with Gasteiger partial charge in [0.25, 0.3) is 5.91 Å². The predicted octanol–water partition coefficient (Wildman–Crippen LogP) is 5.15. The summed E-state index contributed by atoms with van der Waals surface area (Å²) in [7, 11) is -4.46. The van der Waals surface area contributed by atoms with Gasteiger partial charge in [-0.2, -0.15) is 8.42 Å². The quantitative estimate of drug-likeness (QED) is 0.419. The number of hydrogen-bond donors (Lipinski definition) is 2. The number of carbonyl (C=O) groups excluding carboxylic acids is 2. The van der Waals surface area contributed by atoms with Crippen molar-refractivity contribution in [2.75, 3.05) is 23.7 Å². The number of nitrogens with zero attached hydrogens (tertiary/aromatic N) is 4. The van der Waals surface area contributed by atoms with Crippen LogP contribution in [0.25, 0.3) is 5.57 Å². The van der Waals surface area contributed by atoms with Crippen LogP contribution in [0, 0.1) is 16.7 Å². The van der Waals surface area contributed by atoms with E-state index < -0.39 is 42.6 Å². The highest BCUT2D eigenvalue weighted by molar-refractivity contribution is 7.86. The fourth-order valence-electron chi connectivity index (χ4n) is 7.32. The summed E-state index contributed by atoms with van der Waals surface area (Å²) in [5.74, 6) is -0.191. The number of aromatic nitrogens is 2. The molecule has 0 aromatic carbocycles. The Bertz CT molecular complexity index is 1600. The van der Waals surface area contributed by atoms with Gasteiger partial charge >= 0.3 is 15.9 Å². The van der Waals surface area contributed by atoms with Gasteiger partial charge in [0, 0.05) is 41.3 Å².